The third-order valence-electron chi connectivity index (χ3n) is 13.6. The lowest BCUT2D eigenvalue weighted by atomic mass is 9.79. The molecule has 0 radical (unpaired) electrons. The van der Waals surface area contributed by atoms with Crippen molar-refractivity contribution in [2.24, 2.45) is 16.0 Å². The summed E-state index contributed by atoms with van der Waals surface area (Å²) in [6.45, 7) is 5.59. The van der Waals surface area contributed by atoms with Gasteiger partial charge in [-0.1, -0.05) is 101 Å². The van der Waals surface area contributed by atoms with E-state index < -0.39 is 31.4 Å². The van der Waals surface area contributed by atoms with E-state index in [1.54, 1.807) is 47.0 Å². The maximum Gasteiger partial charge on any atom is 0.491 e. The Morgan fingerprint density at radius 1 is 0.649 bits per heavy atom. The van der Waals surface area contributed by atoms with Crippen molar-refractivity contribution in [1.29, 1.82) is 0 Å². The fourth-order valence-electron chi connectivity index (χ4n) is 9.56. The van der Waals surface area contributed by atoms with E-state index in [1.165, 1.54) is 0 Å². The van der Waals surface area contributed by atoms with Crippen LogP contribution in [0.5, 0.6) is 0 Å². The molecule has 22 heteroatoms. The first-order chi connectivity index (χ1) is 36.0. The van der Waals surface area contributed by atoms with Gasteiger partial charge in [0.05, 0.1) is 35.7 Å². The third kappa shape index (κ3) is 11.8. The van der Waals surface area contributed by atoms with Crippen molar-refractivity contribution in [2.45, 2.75) is 71.6 Å². The van der Waals surface area contributed by atoms with Gasteiger partial charge in [0, 0.05) is 80.7 Å². The smallest absolute Gasteiger partial charge is 0.477 e. The highest BCUT2D eigenvalue weighted by Crippen LogP contribution is 2.41. The molecule has 2 atom stereocenters. The van der Waals surface area contributed by atoms with E-state index in [-0.39, 0.29) is 31.4 Å². The highest BCUT2D eigenvalue weighted by molar-refractivity contribution is 6.62. The number of carboxylic acids is 1. The van der Waals surface area contributed by atoms with Crippen LogP contribution in [0.1, 0.15) is 99.6 Å². The van der Waals surface area contributed by atoms with Crippen molar-refractivity contribution in [3.63, 3.8) is 0 Å². The van der Waals surface area contributed by atoms with Crippen LogP contribution in [-0.2, 0) is 56.5 Å². The Labute approximate surface area is 470 Å². The van der Waals surface area contributed by atoms with Crippen LogP contribution in [0.2, 0.25) is 20.1 Å². The number of carbonyl (C=O) groups is 2. The van der Waals surface area contributed by atoms with Crippen LogP contribution >= 0.6 is 58.8 Å². The fraction of sp³-hybridized carbons (Fsp3) is 0.200. The summed E-state index contributed by atoms with van der Waals surface area (Å²) in [5.74, 6) is -1.20. The zero-order valence-electron chi connectivity index (χ0n) is 40.7. The molecule has 0 saturated carbocycles. The summed E-state index contributed by atoms with van der Waals surface area (Å²) in [4.78, 5) is 36.2. The number of halogens is 5. The molecule has 0 bridgehead atoms. The summed E-state index contributed by atoms with van der Waals surface area (Å²) in [5.41, 5.74) is 16.8. The Morgan fingerprint density at radius 2 is 1.09 bits per heavy atom. The van der Waals surface area contributed by atoms with Gasteiger partial charge in [0.25, 0.3) is 5.91 Å². The average Bonchev–Trinajstić information content (AvgIpc) is 4.30. The Kier molecular flexibility index (Phi) is 17.2. The molecular formula is C55H51B2Cl5N6O9. The molecule has 396 valence electrons. The molecule has 0 spiro atoms. The molecule has 0 aliphatic carbocycles. The molecule has 4 aliphatic rings. The van der Waals surface area contributed by atoms with E-state index in [0.29, 0.717) is 64.9 Å². The van der Waals surface area contributed by atoms with Crippen LogP contribution in [0.3, 0.4) is 0 Å². The zero-order chi connectivity index (χ0) is 52.8. The lowest BCUT2D eigenvalue weighted by Gasteiger charge is -2.22. The second-order valence-electron chi connectivity index (χ2n) is 18.8. The summed E-state index contributed by atoms with van der Waals surface area (Å²) in [6, 6.07) is 36.7. The molecular weight excluding hydrogens is 1090 g/mol. The number of pyridine rings is 2. The van der Waals surface area contributed by atoms with Gasteiger partial charge in [-0.25, -0.2) is 4.79 Å². The van der Waals surface area contributed by atoms with Crippen LogP contribution in [0.25, 0.3) is 11.0 Å². The summed E-state index contributed by atoms with van der Waals surface area (Å²) in [6.07, 6.45) is 4.60. The zero-order valence-corrected chi connectivity index (χ0v) is 44.5. The Bertz CT molecular complexity index is 3590. The second kappa shape index (κ2) is 23.3. The van der Waals surface area contributed by atoms with Gasteiger partial charge in [-0.05, 0) is 132 Å². The Balaban J connectivity index is 0.000000170. The number of nitrogens with zero attached hydrogens (tertiary/aromatic N) is 4. The van der Waals surface area contributed by atoms with Gasteiger partial charge in [-0.2, -0.15) is 0 Å². The number of benzene rings is 4. The van der Waals surface area contributed by atoms with Crippen LogP contribution < -0.4 is 22.0 Å². The van der Waals surface area contributed by atoms with Crippen molar-refractivity contribution < 1.29 is 43.7 Å². The topological polar surface area (TPSA) is 203 Å². The molecule has 4 aromatic heterocycles. The number of oxime groups is 2. The first kappa shape index (κ1) is 56.9. The highest BCUT2D eigenvalue weighted by atomic mass is 35.5. The number of nitrogens with two attached hydrogens (primary N) is 1. The lowest BCUT2D eigenvalue weighted by Crippen LogP contribution is -2.30. The summed E-state index contributed by atoms with van der Waals surface area (Å²) in [7, 11) is -1.68. The maximum atomic E-state index is 13.1. The SMILES string of the molecule is C.CC1(c2cc(Cl)cc(Cl)c2)CC(c2ccc(C(=O)NCc3ccc4c(c3)B(O)OC4)n3cccc23)=NO1.CC1(c2cc(Cl)cc(Cl)c2)CC(c2ccc(C(=O)O)n3cccc23)=NO1.Cl.NCc1ccc2c(c1)B(O)OC2. The molecule has 6 N–H and O–H groups in total. The molecule has 0 fully saturated rings. The molecule has 1 amide bonds. The van der Waals surface area contributed by atoms with Crippen molar-refractivity contribution in [3.8, 4) is 0 Å². The minimum atomic E-state index is -0.985. The van der Waals surface area contributed by atoms with Crippen LogP contribution in [-0.4, -0.2) is 61.5 Å². The van der Waals surface area contributed by atoms with Crippen LogP contribution in [0, 0.1) is 0 Å². The minimum Gasteiger partial charge on any atom is -0.477 e. The van der Waals surface area contributed by atoms with E-state index >= 15 is 0 Å². The van der Waals surface area contributed by atoms with Crippen molar-refractivity contribution in [2.75, 3.05) is 0 Å². The fourth-order valence-corrected chi connectivity index (χ4v) is 10.6. The van der Waals surface area contributed by atoms with E-state index in [1.807, 2.05) is 109 Å². The monoisotopic (exact) mass is 1140 g/mol. The number of rotatable bonds is 9. The van der Waals surface area contributed by atoms with E-state index in [2.05, 4.69) is 15.6 Å². The van der Waals surface area contributed by atoms with Gasteiger partial charge < -0.3 is 54.0 Å². The minimum absolute atomic E-state index is 0. The number of hydrogen-bond acceptors (Lipinski definition) is 11. The number of amides is 1. The van der Waals surface area contributed by atoms with Gasteiger partial charge >= 0.3 is 20.2 Å². The number of hydrogen-bond donors (Lipinski definition) is 5. The molecule has 2 unspecified atom stereocenters. The number of aromatic nitrogens is 2. The second-order valence-corrected chi connectivity index (χ2v) is 20.5. The van der Waals surface area contributed by atoms with E-state index in [4.69, 9.17) is 71.1 Å². The molecule has 4 aliphatic heterocycles. The largest absolute Gasteiger partial charge is 0.491 e. The highest BCUT2D eigenvalue weighted by Gasteiger charge is 2.39. The molecule has 4 aromatic carbocycles. The summed E-state index contributed by atoms with van der Waals surface area (Å²) >= 11 is 24.7. The van der Waals surface area contributed by atoms with E-state index in [0.717, 1.165) is 77.9 Å². The normalized spacial score (nSPS) is 17.8. The number of fused-ring (bicyclic) bond motifs is 4. The standard InChI is InChI=1S/C27H22BCl2N3O4.C19H14Cl2N2O3.C8H10BNO2.CH4.ClH/c1-27(18-10-19(29)12-20(30)11-18)13-23(32-37-27)21-6-7-25(33-8-2-3-24(21)33)26(34)31-14-16-4-5-17-15-36-28(35)22(17)9-16;1-19(11-7-12(20)9-13(21)8-11)10-15(22-26-19)14-4-5-17(18(24)25)23-6-2-3-16(14)23;10-4-6-1-2-7-5-12-9(11)8(7)3-6;;/h2-12,35H,13-15H2,1H3,(H,31,34);2-9H,10H2,1H3,(H,24,25);1-3,11H,4-5,10H2;1H4;1H. The van der Waals surface area contributed by atoms with E-state index in [9.17, 15) is 24.7 Å². The molecule has 77 heavy (non-hydrogen) atoms. The Morgan fingerprint density at radius 3 is 1.56 bits per heavy atom. The van der Waals surface area contributed by atoms with Gasteiger partial charge in [-0.15, -0.1) is 12.4 Å². The summed E-state index contributed by atoms with van der Waals surface area (Å²) in [5, 5.41) is 42.4. The summed E-state index contributed by atoms with van der Waals surface area (Å²) < 4.78 is 13.8. The molecule has 8 heterocycles. The van der Waals surface area contributed by atoms with Gasteiger partial charge in [0.2, 0.25) is 0 Å². The number of nitrogens with one attached hydrogen (secondary N) is 1. The molecule has 8 aromatic rings. The maximum absolute atomic E-state index is 13.1. The Hall–Kier alpha value is -6.34. The van der Waals surface area contributed by atoms with Gasteiger partial charge in [0.15, 0.2) is 11.2 Å². The average molecular weight is 1140 g/mol. The quantitative estimate of drug-likeness (QED) is 0.0866. The van der Waals surface area contributed by atoms with Crippen molar-refractivity contribution in [3.05, 3.63) is 210 Å². The van der Waals surface area contributed by atoms with Crippen LogP contribution in [0.4, 0.5) is 0 Å². The number of aromatic carboxylic acids is 1. The number of carbonyl (C=O) groups excluding carboxylic acids is 1. The predicted molar refractivity (Wildman–Crippen MR) is 305 cm³/mol. The third-order valence-corrected chi connectivity index (χ3v) is 14.4. The lowest BCUT2D eigenvalue weighted by molar-refractivity contribution is -0.00755. The first-order valence-electron chi connectivity index (χ1n) is 23.7. The van der Waals surface area contributed by atoms with Gasteiger partial charge in [0.1, 0.15) is 11.4 Å². The van der Waals surface area contributed by atoms with Gasteiger partial charge in [-0.3, -0.25) is 4.79 Å². The van der Waals surface area contributed by atoms with Crippen molar-refractivity contribution in [1.82, 2.24) is 14.1 Å². The van der Waals surface area contributed by atoms with Crippen molar-refractivity contribution >= 4 is 118 Å². The molecule has 12 rings (SSSR count). The van der Waals surface area contributed by atoms with Crippen LogP contribution in [0.15, 0.2) is 144 Å². The molecule has 15 nitrogen and oxygen atoms in total. The predicted octanol–water partition coefficient (Wildman–Crippen LogP) is 9.84. The number of carboxylic acid groups (broad SMARTS) is 1. The first-order valence-corrected chi connectivity index (χ1v) is 25.2. The molecule has 0 saturated heterocycles.